The Bertz CT molecular complexity index is 830. The third-order valence-corrected chi connectivity index (χ3v) is 5.25. The third-order valence-electron chi connectivity index (χ3n) is 4.97. The average molecular weight is 407 g/mol. The molecule has 2 aliphatic rings. The van der Waals surface area contributed by atoms with E-state index in [0.29, 0.717) is 55.1 Å². The molecule has 28 heavy (non-hydrogen) atoms. The van der Waals surface area contributed by atoms with Crippen molar-refractivity contribution in [3.05, 3.63) is 34.6 Å². The van der Waals surface area contributed by atoms with E-state index in [1.54, 1.807) is 24.1 Å². The normalized spacial score (nSPS) is 18.5. The highest BCUT2D eigenvalue weighted by Crippen LogP contribution is 2.26. The van der Waals surface area contributed by atoms with Crippen molar-refractivity contribution in [2.24, 2.45) is 0 Å². The first-order valence-corrected chi connectivity index (χ1v) is 9.77. The van der Waals surface area contributed by atoms with Crippen LogP contribution in [0.5, 0.6) is 0 Å². The van der Waals surface area contributed by atoms with Crippen LogP contribution < -0.4 is 4.90 Å². The Labute approximate surface area is 168 Å². The monoisotopic (exact) mass is 406 g/mol. The second-order valence-corrected chi connectivity index (χ2v) is 7.33. The molecule has 2 aromatic heterocycles. The van der Waals surface area contributed by atoms with Crippen molar-refractivity contribution in [3.63, 3.8) is 0 Å². The van der Waals surface area contributed by atoms with Gasteiger partial charge in [0.15, 0.2) is 5.82 Å². The average Bonchev–Trinajstić information content (AvgIpc) is 3.13. The summed E-state index contributed by atoms with van der Waals surface area (Å²) >= 11 is 6.47. The standard InChI is InChI=1S/C18H23ClN6O3/c1-13-21-16(22-28-13)12-23-2-4-24(5-3-23)17-15(19)10-14(11-20-17)18(26)25-6-8-27-9-7-25/h10-11H,2-9,12H2,1H3. The molecule has 0 atom stereocenters. The number of hydrogen-bond donors (Lipinski definition) is 0. The van der Waals surface area contributed by atoms with Crippen LogP contribution in [0.15, 0.2) is 16.8 Å². The predicted molar refractivity (Wildman–Crippen MR) is 102 cm³/mol. The number of aryl methyl sites for hydroxylation is 1. The van der Waals surface area contributed by atoms with Crippen molar-refractivity contribution >= 4 is 23.3 Å². The first-order valence-electron chi connectivity index (χ1n) is 9.39. The number of nitrogens with zero attached hydrogens (tertiary/aromatic N) is 6. The summed E-state index contributed by atoms with van der Waals surface area (Å²) < 4.78 is 10.3. The number of amides is 1. The van der Waals surface area contributed by atoms with Gasteiger partial charge in [-0.2, -0.15) is 4.98 Å². The molecule has 0 bridgehead atoms. The summed E-state index contributed by atoms with van der Waals surface area (Å²) in [7, 11) is 0. The van der Waals surface area contributed by atoms with Gasteiger partial charge in [-0.1, -0.05) is 16.8 Å². The van der Waals surface area contributed by atoms with Crippen LogP contribution in [-0.4, -0.2) is 83.3 Å². The highest BCUT2D eigenvalue weighted by molar-refractivity contribution is 6.33. The van der Waals surface area contributed by atoms with Crippen LogP contribution >= 0.6 is 11.6 Å². The minimum Gasteiger partial charge on any atom is -0.378 e. The molecule has 0 unspecified atom stereocenters. The third kappa shape index (κ3) is 4.26. The van der Waals surface area contributed by atoms with Crippen LogP contribution in [0.2, 0.25) is 5.02 Å². The lowest BCUT2D eigenvalue weighted by Crippen LogP contribution is -2.46. The number of pyridine rings is 1. The predicted octanol–water partition coefficient (Wildman–Crippen LogP) is 1.22. The summed E-state index contributed by atoms with van der Waals surface area (Å²) in [4.78, 5) is 27.5. The Hall–Kier alpha value is -2.23. The molecule has 4 rings (SSSR count). The molecule has 2 fully saturated rings. The topological polar surface area (TPSA) is 87.8 Å². The van der Waals surface area contributed by atoms with Crippen LogP contribution in [-0.2, 0) is 11.3 Å². The van der Waals surface area contributed by atoms with Gasteiger partial charge in [0.1, 0.15) is 5.82 Å². The smallest absolute Gasteiger partial charge is 0.255 e. The maximum atomic E-state index is 12.6. The molecule has 0 aromatic carbocycles. The van der Waals surface area contributed by atoms with Crippen molar-refractivity contribution in [2.45, 2.75) is 13.5 Å². The minimum atomic E-state index is -0.0514. The van der Waals surface area contributed by atoms with E-state index >= 15 is 0 Å². The molecule has 0 aliphatic carbocycles. The summed E-state index contributed by atoms with van der Waals surface area (Å²) in [5.74, 6) is 1.95. The zero-order valence-electron chi connectivity index (χ0n) is 15.8. The Morgan fingerprint density at radius 2 is 1.93 bits per heavy atom. The lowest BCUT2D eigenvalue weighted by Gasteiger charge is -2.35. The molecule has 0 saturated carbocycles. The zero-order chi connectivity index (χ0) is 19.5. The van der Waals surface area contributed by atoms with Gasteiger partial charge in [0.25, 0.3) is 5.91 Å². The Morgan fingerprint density at radius 3 is 2.57 bits per heavy atom. The van der Waals surface area contributed by atoms with Crippen LogP contribution in [0.25, 0.3) is 0 Å². The summed E-state index contributed by atoms with van der Waals surface area (Å²) in [5.41, 5.74) is 0.516. The number of anilines is 1. The van der Waals surface area contributed by atoms with Crippen LogP contribution in [0, 0.1) is 6.92 Å². The van der Waals surface area contributed by atoms with E-state index < -0.39 is 0 Å². The van der Waals surface area contributed by atoms with Crippen LogP contribution in [0.3, 0.4) is 0 Å². The highest BCUT2D eigenvalue weighted by Gasteiger charge is 2.24. The molecular weight excluding hydrogens is 384 g/mol. The van der Waals surface area contributed by atoms with Gasteiger partial charge in [-0.05, 0) is 6.07 Å². The highest BCUT2D eigenvalue weighted by atomic mass is 35.5. The second-order valence-electron chi connectivity index (χ2n) is 6.93. The molecular formula is C18H23ClN6O3. The van der Waals surface area contributed by atoms with E-state index in [1.165, 1.54) is 0 Å². The van der Waals surface area contributed by atoms with E-state index in [9.17, 15) is 4.79 Å². The first-order chi connectivity index (χ1) is 13.6. The number of carbonyl (C=O) groups excluding carboxylic acids is 1. The van der Waals surface area contributed by atoms with E-state index in [0.717, 1.165) is 32.0 Å². The number of rotatable bonds is 4. The number of carbonyl (C=O) groups is 1. The van der Waals surface area contributed by atoms with Crippen molar-refractivity contribution in [1.82, 2.24) is 24.9 Å². The van der Waals surface area contributed by atoms with Gasteiger partial charge in [-0.3, -0.25) is 9.69 Å². The second kappa shape index (κ2) is 8.42. The number of piperazine rings is 1. The van der Waals surface area contributed by atoms with Gasteiger partial charge in [0, 0.05) is 52.4 Å². The Balaban J connectivity index is 1.36. The fraction of sp³-hybridized carbons (Fsp3) is 0.556. The fourth-order valence-corrected chi connectivity index (χ4v) is 3.74. The molecule has 2 aliphatic heterocycles. The van der Waals surface area contributed by atoms with Gasteiger partial charge >= 0.3 is 0 Å². The first kappa shape index (κ1) is 19.1. The van der Waals surface area contributed by atoms with Gasteiger partial charge in [0.05, 0.1) is 30.3 Å². The molecule has 9 nitrogen and oxygen atoms in total. The largest absolute Gasteiger partial charge is 0.378 e. The number of morpholine rings is 1. The van der Waals surface area contributed by atoms with Gasteiger partial charge in [-0.25, -0.2) is 4.98 Å². The maximum Gasteiger partial charge on any atom is 0.255 e. The molecule has 4 heterocycles. The lowest BCUT2D eigenvalue weighted by atomic mass is 10.2. The van der Waals surface area contributed by atoms with E-state index in [2.05, 4.69) is 24.9 Å². The fourth-order valence-electron chi connectivity index (χ4n) is 3.45. The molecule has 2 saturated heterocycles. The molecule has 2 aromatic rings. The van der Waals surface area contributed by atoms with Gasteiger partial charge in [0.2, 0.25) is 5.89 Å². The molecule has 0 radical (unpaired) electrons. The molecule has 10 heteroatoms. The number of halogens is 1. The van der Waals surface area contributed by atoms with Crippen molar-refractivity contribution < 1.29 is 14.1 Å². The molecule has 1 amide bonds. The van der Waals surface area contributed by atoms with Crippen LogP contribution in [0.1, 0.15) is 22.1 Å². The van der Waals surface area contributed by atoms with E-state index in [-0.39, 0.29) is 5.91 Å². The summed E-state index contributed by atoms with van der Waals surface area (Å²) in [6, 6.07) is 1.72. The minimum absolute atomic E-state index is 0.0514. The molecule has 0 N–H and O–H groups in total. The van der Waals surface area contributed by atoms with Gasteiger partial charge in [-0.15, -0.1) is 0 Å². The lowest BCUT2D eigenvalue weighted by molar-refractivity contribution is 0.0302. The van der Waals surface area contributed by atoms with Crippen molar-refractivity contribution in [2.75, 3.05) is 57.4 Å². The Kier molecular flexibility index (Phi) is 5.74. The van der Waals surface area contributed by atoms with Crippen molar-refractivity contribution in [3.8, 4) is 0 Å². The molecule has 150 valence electrons. The van der Waals surface area contributed by atoms with E-state index in [1.807, 2.05) is 0 Å². The van der Waals surface area contributed by atoms with E-state index in [4.69, 9.17) is 20.9 Å². The SMILES string of the molecule is Cc1nc(CN2CCN(c3ncc(C(=O)N4CCOCC4)cc3Cl)CC2)no1. The quantitative estimate of drug-likeness (QED) is 0.749. The summed E-state index contributed by atoms with van der Waals surface area (Å²) in [6.45, 7) is 8.06. The zero-order valence-corrected chi connectivity index (χ0v) is 16.6. The maximum absolute atomic E-state index is 12.6. The number of hydrogen-bond acceptors (Lipinski definition) is 8. The number of aromatic nitrogens is 3. The summed E-state index contributed by atoms with van der Waals surface area (Å²) in [6.07, 6.45) is 1.62. The Morgan fingerprint density at radius 1 is 1.18 bits per heavy atom. The van der Waals surface area contributed by atoms with Crippen LogP contribution in [0.4, 0.5) is 5.82 Å². The number of ether oxygens (including phenoxy) is 1. The van der Waals surface area contributed by atoms with Gasteiger partial charge < -0.3 is 19.1 Å². The van der Waals surface area contributed by atoms with Crippen molar-refractivity contribution in [1.29, 1.82) is 0 Å². The summed E-state index contributed by atoms with van der Waals surface area (Å²) in [5, 5.41) is 4.45. The molecule has 0 spiro atoms.